The molecular formula is C20H19BN4O2. The lowest BCUT2D eigenvalue weighted by Crippen LogP contribution is -2.47. The zero-order valence-corrected chi connectivity index (χ0v) is 14.7. The van der Waals surface area contributed by atoms with Gasteiger partial charge < -0.3 is 16.1 Å². The normalized spacial score (nSPS) is 13.9. The Balaban J connectivity index is 1.59. The number of carbonyl (C=O) groups excluding carboxylic acids is 1. The quantitative estimate of drug-likeness (QED) is 0.584. The number of nitrogens with one attached hydrogen (secondary N) is 1. The monoisotopic (exact) mass is 358 g/mol. The van der Waals surface area contributed by atoms with E-state index in [1.54, 1.807) is 18.6 Å². The SMILES string of the molecule is NCC(C(=O)Cc1ccc2cnccc2c1)c1ccc2c(c1)B(O)NN=C2. The summed E-state index contributed by atoms with van der Waals surface area (Å²) in [5.74, 6) is -0.368. The van der Waals surface area contributed by atoms with Gasteiger partial charge in [-0.05, 0) is 33.6 Å². The van der Waals surface area contributed by atoms with E-state index in [2.05, 4.69) is 15.4 Å². The summed E-state index contributed by atoms with van der Waals surface area (Å²) in [5, 5.41) is 18.7. The van der Waals surface area contributed by atoms with Gasteiger partial charge in [0.1, 0.15) is 5.78 Å². The molecule has 0 spiro atoms. The molecule has 4 rings (SSSR count). The molecule has 27 heavy (non-hydrogen) atoms. The molecule has 0 bridgehead atoms. The molecule has 0 aliphatic carbocycles. The van der Waals surface area contributed by atoms with E-state index in [9.17, 15) is 9.82 Å². The lowest BCUT2D eigenvalue weighted by atomic mass is 9.70. The molecule has 0 saturated heterocycles. The van der Waals surface area contributed by atoms with Crippen molar-refractivity contribution in [3.8, 4) is 0 Å². The predicted molar refractivity (Wildman–Crippen MR) is 107 cm³/mol. The summed E-state index contributed by atoms with van der Waals surface area (Å²) in [7, 11) is -0.882. The highest BCUT2D eigenvalue weighted by molar-refractivity contribution is 6.65. The Hall–Kier alpha value is -3.03. The molecule has 3 aromatic rings. The molecule has 1 unspecified atom stereocenters. The summed E-state index contributed by atoms with van der Waals surface area (Å²) in [5.41, 5.74) is 9.21. The van der Waals surface area contributed by atoms with Crippen LogP contribution < -0.4 is 16.5 Å². The third-order valence-electron chi connectivity index (χ3n) is 4.92. The summed E-state index contributed by atoms with van der Waals surface area (Å²) < 4.78 is 0. The fraction of sp³-hybridized carbons (Fsp3) is 0.150. The van der Waals surface area contributed by atoms with E-state index >= 15 is 0 Å². The molecule has 7 heteroatoms. The summed E-state index contributed by atoms with van der Waals surface area (Å²) >= 11 is 0. The first-order valence-electron chi connectivity index (χ1n) is 8.81. The highest BCUT2D eigenvalue weighted by atomic mass is 16.2. The first kappa shape index (κ1) is 17.4. The van der Waals surface area contributed by atoms with Gasteiger partial charge in [-0.3, -0.25) is 9.78 Å². The molecule has 0 saturated carbocycles. The van der Waals surface area contributed by atoms with Gasteiger partial charge in [0.25, 0.3) is 0 Å². The number of aromatic nitrogens is 1. The van der Waals surface area contributed by atoms with Crippen LogP contribution in [0, 0.1) is 0 Å². The minimum atomic E-state index is -0.882. The minimum absolute atomic E-state index is 0.0535. The molecular weight excluding hydrogens is 339 g/mol. The van der Waals surface area contributed by atoms with Crippen LogP contribution in [0.25, 0.3) is 10.8 Å². The van der Waals surface area contributed by atoms with Gasteiger partial charge in [-0.2, -0.15) is 5.10 Å². The van der Waals surface area contributed by atoms with Crippen molar-refractivity contribution in [1.29, 1.82) is 0 Å². The molecule has 1 aromatic heterocycles. The number of hydrogen-bond donors (Lipinski definition) is 3. The molecule has 0 fully saturated rings. The van der Waals surface area contributed by atoms with Gasteiger partial charge in [-0.15, -0.1) is 0 Å². The van der Waals surface area contributed by atoms with Gasteiger partial charge in [0.2, 0.25) is 0 Å². The van der Waals surface area contributed by atoms with Crippen molar-refractivity contribution in [2.24, 2.45) is 10.8 Å². The average Bonchev–Trinajstić information content (AvgIpc) is 2.69. The van der Waals surface area contributed by atoms with Crippen LogP contribution in [-0.4, -0.2) is 35.6 Å². The van der Waals surface area contributed by atoms with E-state index in [-0.39, 0.29) is 12.3 Å². The molecule has 0 amide bonds. The number of benzene rings is 2. The van der Waals surface area contributed by atoms with Crippen molar-refractivity contribution in [3.05, 3.63) is 71.5 Å². The second kappa shape index (κ2) is 7.30. The van der Waals surface area contributed by atoms with Crippen LogP contribution in [0.15, 0.2) is 60.0 Å². The standard InChI is InChI=1S/C20H19BN4O2/c22-10-18(15-3-4-17-12-24-25-21(27)19(17)9-15)20(26)8-13-1-2-16-11-23-6-5-14(16)7-13/h1-7,9,11-12,18,25,27H,8,10,22H2. The molecule has 1 atom stereocenters. The van der Waals surface area contributed by atoms with Crippen LogP contribution in [-0.2, 0) is 11.2 Å². The number of nitrogens with two attached hydrogens (primary N) is 1. The van der Waals surface area contributed by atoms with Crippen molar-refractivity contribution in [2.75, 3.05) is 6.54 Å². The summed E-state index contributed by atoms with van der Waals surface area (Å²) in [6.07, 6.45) is 5.50. The zero-order chi connectivity index (χ0) is 18.8. The molecule has 1 aliphatic rings. The molecule has 134 valence electrons. The highest BCUT2D eigenvalue weighted by Gasteiger charge is 2.25. The van der Waals surface area contributed by atoms with E-state index in [4.69, 9.17) is 5.73 Å². The molecule has 6 nitrogen and oxygen atoms in total. The van der Waals surface area contributed by atoms with Crippen molar-refractivity contribution >= 4 is 35.3 Å². The number of fused-ring (bicyclic) bond motifs is 2. The number of ketones is 1. The van der Waals surface area contributed by atoms with Crippen molar-refractivity contribution in [3.63, 3.8) is 0 Å². The van der Waals surface area contributed by atoms with Crippen LogP contribution in [0.3, 0.4) is 0 Å². The largest absolute Gasteiger partial charge is 0.464 e. The van der Waals surface area contributed by atoms with Gasteiger partial charge in [0.15, 0.2) is 0 Å². The van der Waals surface area contributed by atoms with Crippen LogP contribution in [0.2, 0.25) is 0 Å². The Morgan fingerprint density at radius 2 is 2.07 bits per heavy atom. The molecule has 2 aromatic carbocycles. The van der Waals surface area contributed by atoms with Gasteiger partial charge in [-0.25, -0.2) is 0 Å². The molecule has 0 radical (unpaired) electrons. The van der Waals surface area contributed by atoms with E-state index in [1.807, 2.05) is 42.5 Å². The number of nitrogens with zero attached hydrogens (tertiary/aromatic N) is 2. The smallest absolute Gasteiger partial charge is 0.428 e. The molecule has 2 heterocycles. The Morgan fingerprint density at radius 1 is 1.19 bits per heavy atom. The van der Waals surface area contributed by atoms with Crippen LogP contribution in [0.1, 0.15) is 22.6 Å². The van der Waals surface area contributed by atoms with Gasteiger partial charge in [0, 0.05) is 30.7 Å². The number of pyridine rings is 1. The number of rotatable bonds is 5. The van der Waals surface area contributed by atoms with Crippen molar-refractivity contribution in [1.82, 2.24) is 10.3 Å². The van der Waals surface area contributed by atoms with Crippen LogP contribution >= 0.6 is 0 Å². The van der Waals surface area contributed by atoms with Crippen LogP contribution in [0.5, 0.6) is 0 Å². The number of hydrogen-bond acceptors (Lipinski definition) is 6. The number of Topliss-reactive ketones (excluding diaryl/α,β-unsaturated/α-hetero) is 1. The Morgan fingerprint density at radius 3 is 2.93 bits per heavy atom. The second-order valence-corrected chi connectivity index (χ2v) is 6.67. The number of carbonyl (C=O) groups is 1. The van der Waals surface area contributed by atoms with E-state index < -0.39 is 13.0 Å². The summed E-state index contributed by atoms with van der Waals surface area (Å²) in [4.78, 5) is 17.0. The predicted octanol–water partition coefficient (Wildman–Crippen LogP) is 0.713. The number of hydrazone groups is 1. The lowest BCUT2D eigenvalue weighted by Gasteiger charge is -2.19. The maximum atomic E-state index is 12.9. The first-order valence-corrected chi connectivity index (χ1v) is 8.81. The third kappa shape index (κ3) is 3.47. The lowest BCUT2D eigenvalue weighted by molar-refractivity contribution is -0.119. The summed E-state index contributed by atoms with van der Waals surface area (Å²) in [6.45, 7) is 0.215. The Kier molecular flexibility index (Phi) is 4.70. The zero-order valence-electron chi connectivity index (χ0n) is 14.7. The Bertz CT molecular complexity index is 1040. The van der Waals surface area contributed by atoms with E-state index in [0.29, 0.717) is 11.9 Å². The van der Waals surface area contributed by atoms with E-state index in [0.717, 1.165) is 27.5 Å². The second-order valence-electron chi connectivity index (χ2n) is 6.67. The highest BCUT2D eigenvalue weighted by Crippen LogP contribution is 2.21. The third-order valence-corrected chi connectivity index (χ3v) is 4.92. The summed E-state index contributed by atoms with van der Waals surface area (Å²) in [6, 6.07) is 13.4. The fourth-order valence-electron chi connectivity index (χ4n) is 3.43. The van der Waals surface area contributed by atoms with E-state index in [1.165, 1.54) is 0 Å². The molecule has 4 N–H and O–H groups in total. The van der Waals surface area contributed by atoms with Crippen LogP contribution in [0.4, 0.5) is 0 Å². The van der Waals surface area contributed by atoms with Crippen molar-refractivity contribution in [2.45, 2.75) is 12.3 Å². The maximum absolute atomic E-state index is 12.9. The fourth-order valence-corrected chi connectivity index (χ4v) is 3.43. The van der Waals surface area contributed by atoms with Gasteiger partial charge >= 0.3 is 7.05 Å². The van der Waals surface area contributed by atoms with Gasteiger partial charge in [-0.1, -0.05) is 36.4 Å². The molecule has 1 aliphatic heterocycles. The average molecular weight is 358 g/mol. The topological polar surface area (TPSA) is 101 Å². The maximum Gasteiger partial charge on any atom is 0.464 e. The Labute approximate surface area is 157 Å². The minimum Gasteiger partial charge on any atom is -0.428 e. The first-order chi connectivity index (χ1) is 13.2. The van der Waals surface area contributed by atoms with Gasteiger partial charge in [0.05, 0.1) is 12.1 Å². The van der Waals surface area contributed by atoms with Crippen molar-refractivity contribution < 1.29 is 9.82 Å².